The fourth-order valence-corrected chi connectivity index (χ4v) is 2.69. The molecule has 0 saturated heterocycles. The number of benzene rings is 2. The van der Waals surface area contributed by atoms with Gasteiger partial charge in [-0.15, -0.1) is 0 Å². The molecule has 0 radical (unpaired) electrons. The number of rotatable bonds is 2. The maximum atomic E-state index is 5.83. The SMILES string of the molecule is Cc1cccc(CN2CCc3cc(N)ccc32)c1. The summed E-state index contributed by atoms with van der Waals surface area (Å²) in [5.41, 5.74) is 12.1. The van der Waals surface area contributed by atoms with E-state index in [2.05, 4.69) is 48.2 Å². The van der Waals surface area contributed by atoms with E-state index in [1.54, 1.807) is 0 Å². The van der Waals surface area contributed by atoms with Crippen LogP contribution in [0.15, 0.2) is 42.5 Å². The van der Waals surface area contributed by atoms with Gasteiger partial charge >= 0.3 is 0 Å². The fraction of sp³-hybridized carbons (Fsp3) is 0.250. The summed E-state index contributed by atoms with van der Waals surface area (Å²) >= 11 is 0. The molecule has 1 aliphatic rings. The Bertz CT molecular complexity index is 575. The fourth-order valence-electron chi connectivity index (χ4n) is 2.69. The average Bonchev–Trinajstić information content (AvgIpc) is 2.72. The van der Waals surface area contributed by atoms with Crippen LogP contribution in [0.3, 0.4) is 0 Å². The summed E-state index contributed by atoms with van der Waals surface area (Å²) in [5, 5.41) is 0. The summed E-state index contributed by atoms with van der Waals surface area (Å²) < 4.78 is 0. The summed E-state index contributed by atoms with van der Waals surface area (Å²) in [6.45, 7) is 4.22. The van der Waals surface area contributed by atoms with Crippen molar-refractivity contribution < 1.29 is 0 Å². The minimum absolute atomic E-state index is 0.867. The number of nitrogens with two attached hydrogens (primary N) is 1. The van der Waals surface area contributed by atoms with E-state index in [4.69, 9.17) is 5.73 Å². The number of fused-ring (bicyclic) bond motifs is 1. The van der Waals surface area contributed by atoms with Gasteiger partial charge in [-0.3, -0.25) is 0 Å². The van der Waals surface area contributed by atoms with Gasteiger partial charge in [-0.2, -0.15) is 0 Å². The molecule has 0 amide bonds. The predicted octanol–water partition coefficient (Wildman–Crippen LogP) is 3.14. The zero-order chi connectivity index (χ0) is 12.5. The average molecular weight is 238 g/mol. The van der Waals surface area contributed by atoms with Crippen molar-refractivity contribution in [1.82, 2.24) is 0 Å². The second-order valence-corrected chi connectivity index (χ2v) is 5.05. The van der Waals surface area contributed by atoms with Crippen molar-refractivity contribution >= 4 is 11.4 Å². The third-order valence-electron chi connectivity index (χ3n) is 3.55. The molecule has 0 aromatic heterocycles. The molecule has 92 valence electrons. The van der Waals surface area contributed by atoms with Gasteiger partial charge in [0.05, 0.1) is 0 Å². The van der Waals surface area contributed by atoms with Gasteiger partial charge in [-0.25, -0.2) is 0 Å². The summed E-state index contributed by atoms with van der Waals surface area (Å²) in [7, 11) is 0. The summed E-state index contributed by atoms with van der Waals surface area (Å²) in [5.74, 6) is 0. The molecule has 0 bridgehead atoms. The molecule has 2 nitrogen and oxygen atoms in total. The van der Waals surface area contributed by atoms with Crippen molar-refractivity contribution in [3.05, 3.63) is 59.2 Å². The van der Waals surface area contributed by atoms with E-state index < -0.39 is 0 Å². The molecule has 1 heterocycles. The number of aryl methyl sites for hydroxylation is 1. The zero-order valence-electron chi connectivity index (χ0n) is 10.7. The predicted molar refractivity (Wildman–Crippen MR) is 76.8 cm³/mol. The van der Waals surface area contributed by atoms with Crippen molar-refractivity contribution in [3.63, 3.8) is 0 Å². The Labute approximate surface area is 108 Å². The second-order valence-electron chi connectivity index (χ2n) is 5.05. The zero-order valence-corrected chi connectivity index (χ0v) is 10.7. The number of hydrogen-bond acceptors (Lipinski definition) is 2. The van der Waals surface area contributed by atoms with Crippen LogP contribution in [0, 0.1) is 6.92 Å². The number of hydrogen-bond donors (Lipinski definition) is 1. The minimum Gasteiger partial charge on any atom is -0.399 e. The van der Waals surface area contributed by atoms with E-state index in [0.717, 1.165) is 25.2 Å². The quantitative estimate of drug-likeness (QED) is 0.814. The van der Waals surface area contributed by atoms with E-state index >= 15 is 0 Å². The Morgan fingerprint density at radius 1 is 1.17 bits per heavy atom. The highest BCUT2D eigenvalue weighted by Crippen LogP contribution is 2.30. The molecular formula is C16H18N2. The normalized spacial score (nSPS) is 13.7. The summed E-state index contributed by atoms with van der Waals surface area (Å²) in [6, 6.07) is 15.0. The monoisotopic (exact) mass is 238 g/mol. The largest absolute Gasteiger partial charge is 0.399 e. The number of nitrogens with zero attached hydrogens (tertiary/aromatic N) is 1. The first-order chi connectivity index (χ1) is 8.72. The van der Waals surface area contributed by atoms with Gasteiger partial charge in [-0.05, 0) is 42.7 Å². The Morgan fingerprint density at radius 2 is 2.06 bits per heavy atom. The van der Waals surface area contributed by atoms with Crippen LogP contribution >= 0.6 is 0 Å². The molecular weight excluding hydrogens is 220 g/mol. The molecule has 0 atom stereocenters. The highest BCUT2D eigenvalue weighted by molar-refractivity contribution is 5.63. The molecule has 1 aliphatic heterocycles. The van der Waals surface area contributed by atoms with Gasteiger partial charge in [0.2, 0.25) is 0 Å². The Hall–Kier alpha value is -1.96. The van der Waals surface area contributed by atoms with Crippen molar-refractivity contribution in [2.75, 3.05) is 17.2 Å². The van der Waals surface area contributed by atoms with Crippen LogP contribution in [0.4, 0.5) is 11.4 Å². The first-order valence-corrected chi connectivity index (χ1v) is 6.41. The van der Waals surface area contributed by atoms with Gasteiger partial charge in [0.15, 0.2) is 0 Å². The van der Waals surface area contributed by atoms with Crippen LogP contribution in [0.25, 0.3) is 0 Å². The lowest BCUT2D eigenvalue weighted by Gasteiger charge is -2.19. The minimum atomic E-state index is 0.867. The molecule has 0 saturated carbocycles. The van der Waals surface area contributed by atoms with Crippen LogP contribution in [-0.2, 0) is 13.0 Å². The van der Waals surface area contributed by atoms with Crippen LogP contribution in [-0.4, -0.2) is 6.54 Å². The van der Waals surface area contributed by atoms with E-state index in [9.17, 15) is 0 Å². The van der Waals surface area contributed by atoms with E-state index in [1.165, 1.54) is 22.4 Å². The molecule has 2 N–H and O–H groups in total. The van der Waals surface area contributed by atoms with Crippen molar-refractivity contribution in [2.45, 2.75) is 19.9 Å². The Kier molecular flexibility index (Phi) is 2.71. The second kappa shape index (κ2) is 4.37. The summed E-state index contributed by atoms with van der Waals surface area (Å²) in [4.78, 5) is 2.43. The summed E-state index contributed by atoms with van der Waals surface area (Å²) in [6.07, 6.45) is 1.10. The van der Waals surface area contributed by atoms with E-state index in [1.807, 2.05) is 6.07 Å². The van der Waals surface area contributed by atoms with Gasteiger partial charge < -0.3 is 10.6 Å². The van der Waals surface area contributed by atoms with Crippen molar-refractivity contribution in [1.29, 1.82) is 0 Å². The van der Waals surface area contributed by atoms with Crippen LogP contribution in [0.1, 0.15) is 16.7 Å². The Morgan fingerprint density at radius 3 is 2.89 bits per heavy atom. The van der Waals surface area contributed by atoms with Gasteiger partial charge in [0, 0.05) is 24.5 Å². The van der Waals surface area contributed by atoms with E-state index in [-0.39, 0.29) is 0 Å². The molecule has 0 unspecified atom stereocenters. The molecule has 18 heavy (non-hydrogen) atoms. The number of anilines is 2. The van der Waals surface area contributed by atoms with Crippen molar-refractivity contribution in [2.24, 2.45) is 0 Å². The van der Waals surface area contributed by atoms with E-state index in [0.29, 0.717) is 0 Å². The maximum absolute atomic E-state index is 5.83. The van der Waals surface area contributed by atoms with Crippen LogP contribution in [0.5, 0.6) is 0 Å². The maximum Gasteiger partial charge on any atom is 0.0429 e. The molecule has 2 aromatic carbocycles. The molecule has 3 rings (SSSR count). The lowest BCUT2D eigenvalue weighted by Crippen LogP contribution is -2.19. The van der Waals surface area contributed by atoms with Gasteiger partial charge in [0.25, 0.3) is 0 Å². The molecule has 0 spiro atoms. The van der Waals surface area contributed by atoms with Crippen LogP contribution < -0.4 is 10.6 Å². The lowest BCUT2D eigenvalue weighted by atomic mass is 10.1. The van der Waals surface area contributed by atoms with Gasteiger partial charge in [0.1, 0.15) is 0 Å². The molecule has 2 aromatic rings. The molecule has 2 heteroatoms. The standard InChI is InChI=1S/C16H18N2/c1-12-3-2-4-13(9-12)11-18-8-7-14-10-15(17)5-6-16(14)18/h2-6,9-10H,7-8,11,17H2,1H3. The highest BCUT2D eigenvalue weighted by Gasteiger charge is 2.18. The molecule has 0 aliphatic carbocycles. The van der Waals surface area contributed by atoms with Crippen molar-refractivity contribution in [3.8, 4) is 0 Å². The Balaban J connectivity index is 1.85. The first-order valence-electron chi connectivity index (χ1n) is 6.41. The third-order valence-corrected chi connectivity index (χ3v) is 3.55. The topological polar surface area (TPSA) is 29.3 Å². The molecule has 0 fully saturated rings. The first kappa shape index (κ1) is 11.1. The van der Waals surface area contributed by atoms with Crippen LogP contribution in [0.2, 0.25) is 0 Å². The van der Waals surface area contributed by atoms with Gasteiger partial charge in [-0.1, -0.05) is 29.8 Å². The number of nitrogen functional groups attached to an aromatic ring is 1. The lowest BCUT2D eigenvalue weighted by molar-refractivity contribution is 0.835. The third kappa shape index (κ3) is 2.06. The smallest absolute Gasteiger partial charge is 0.0429 e. The highest BCUT2D eigenvalue weighted by atomic mass is 15.1.